The molecule has 2 aromatic heterocycles. The first-order chi connectivity index (χ1) is 15.1. The summed E-state index contributed by atoms with van der Waals surface area (Å²) >= 11 is 1.64. The van der Waals surface area contributed by atoms with Crippen LogP contribution in [-0.2, 0) is 0 Å². The van der Waals surface area contributed by atoms with E-state index in [9.17, 15) is 0 Å². The quantitative estimate of drug-likeness (QED) is 0.375. The fraction of sp³-hybridized carbons (Fsp3) is 0.167. The van der Waals surface area contributed by atoms with Crippen molar-refractivity contribution >= 4 is 45.2 Å². The van der Waals surface area contributed by atoms with Crippen LogP contribution in [0.25, 0.3) is 22.4 Å². The Labute approximate surface area is 185 Å². The van der Waals surface area contributed by atoms with E-state index in [1.54, 1.807) is 32.7 Å². The monoisotopic (exact) mass is 433 g/mol. The van der Waals surface area contributed by atoms with Gasteiger partial charge in [0.1, 0.15) is 0 Å². The average Bonchev–Trinajstić information content (AvgIpc) is 3.30. The number of aromatic nitrogens is 2. The molecule has 2 aromatic carbocycles. The molecule has 0 aliphatic heterocycles. The summed E-state index contributed by atoms with van der Waals surface area (Å²) in [6.45, 7) is 0. The lowest BCUT2D eigenvalue weighted by Gasteiger charge is -2.19. The van der Waals surface area contributed by atoms with Crippen LogP contribution in [0.5, 0.6) is 17.2 Å². The van der Waals surface area contributed by atoms with Crippen molar-refractivity contribution < 1.29 is 14.2 Å². The SMILES string of the molecule is COc1cc(/C=C/c2nc(N(C)c3ccccc3)c3sccc3n2)cc(OC)c1OC. The zero-order valence-electron chi connectivity index (χ0n) is 17.8. The minimum absolute atomic E-state index is 0.560. The zero-order chi connectivity index (χ0) is 21.8. The number of hydrogen-bond acceptors (Lipinski definition) is 7. The van der Waals surface area contributed by atoms with Crippen molar-refractivity contribution in [3.63, 3.8) is 0 Å². The molecule has 4 aromatic rings. The molecule has 0 N–H and O–H groups in total. The van der Waals surface area contributed by atoms with Crippen LogP contribution < -0.4 is 19.1 Å². The van der Waals surface area contributed by atoms with E-state index >= 15 is 0 Å². The normalized spacial score (nSPS) is 11.1. The Balaban J connectivity index is 1.74. The predicted octanol–water partition coefficient (Wildman–Crippen LogP) is 5.66. The molecule has 2 heterocycles. The molecule has 0 atom stereocenters. The first-order valence-electron chi connectivity index (χ1n) is 9.66. The molecular formula is C24H23N3O3S. The van der Waals surface area contributed by atoms with Crippen LogP contribution in [0.4, 0.5) is 11.5 Å². The van der Waals surface area contributed by atoms with E-state index in [0.717, 1.165) is 27.3 Å². The predicted molar refractivity (Wildman–Crippen MR) is 127 cm³/mol. The largest absolute Gasteiger partial charge is 0.493 e. The highest BCUT2D eigenvalue weighted by Gasteiger charge is 2.14. The van der Waals surface area contributed by atoms with Crippen LogP contribution in [0.2, 0.25) is 0 Å². The first kappa shape index (κ1) is 20.7. The number of nitrogens with zero attached hydrogens (tertiary/aromatic N) is 3. The maximum absolute atomic E-state index is 5.44. The molecule has 4 rings (SSSR count). The van der Waals surface area contributed by atoms with E-state index < -0.39 is 0 Å². The maximum atomic E-state index is 5.44. The molecule has 6 nitrogen and oxygen atoms in total. The Morgan fingerprint density at radius 2 is 1.58 bits per heavy atom. The Kier molecular flexibility index (Phi) is 6.04. The molecule has 0 amide bonds. The van der Waals surface area contributed by atoms with Gasteiger partial charge < -0.3 is 19.1 Å². The molecule has 0 aliphatic rings. The molecule has 0 spiro atoms. The van der Waals surface area contributed by atoms with Gasteiger partial charge in [0.15, 0.2) is 23.1 Å². The fourth-order valence-corrected chi connectivity index (χ4v) is 4.17. The second-order valence-corrected chi connectivity index (χ2v) is 7.64. The third kappa shape index (κ3) is 4.18. The molecule has 0 radical (unpaired) electrons. The summed E-state index contributed by atoms with van der Waals surface area (Å²) in [6, 6.07) is 16.0. The van der Waals surface area contributed by atoms with Gasteiger partial charge in [-0.15, -0.1) is 11.3 Å². The van der Waals surface area contributed by atoms with Gasteiger partial charge in [-0.3, -0.25) is 0 Å². The van der Waals surface area contributed by atoms with E-state index in [4.69, 9.17) is 24.2 Å². The Hall–Kier alpha value is -3.58. The highest BCUT2D eigenvalue weighted by molar-refractivity contribution is 7.17. The van der Waals surface area contributed by atoms with Crippen molar-refractivity contribution in [2.45, 2.75) is 0 Å². The van der Waals surface area contributed by atoms with Gasteiger partial charge in [0.2, 0.25) is 5.75 Å². The molecular weight excluding hydrogens is 410 g/mol. The number of methoxy groups -OCH3 is 3. The topological polar surface area (TPSA) is 56.7 Å². The molecule has 31 heavy (non-hydrogen) atoms. The van der Waals surface area contributed by atoms with Crippen molar-refractivity contribution in [3.8, 4) is 17.2 Å². The molecule has 0 fully saturated rings. The molecule has 0 aliphatic carbocycles. The number of fused-ring (bicyclic) bond motifs is 1. The van der Waals surface area contributed by atoms with Gasteiger partial charge in [-0.05, 0) is 47.4 Å². The number of anilines is 2. The average molecular weight is 434 g/mol. The summed E-state index contributed by atoms with van der Waals surface area (Å²) in [5.74, 6) is 3.25. The minimum atomic E-state index is 0.560. The standard InChI is InChI=1S/C24H23N3O3S/c1-27(17-8-6-5-7-9-17)24-23-18(12-13-31-23)25-21(26-24)11-10-16-14-19(28-2)22(30-4)20(15-16)29-3/h5-15H,1-4H3/b11-10+. The lowest BCUT2D eigenvalue weighted by Crippen LogP contribution is -2.12. The van der Waals surface area contributed by atoms with Crippen LogP contribution in [0.3, 0.4) is 0 Å². The molecule has 7 heteroatoms. The highest BCUT2D eigenvalue weighted by Crippen LogP contribution is 2.39. The Bertz CT molecular complexity index is 1200. The first-order valence-corrected chi connectivity index (χ1v) is 10.5. The highest BCUT2D eigenvalue weighted by atomic mass is 32.1. The van der Waals surface area contributed by atoms with Gasteiger partial charge in [0, 0.05) is 12.7 Å². The van der Waals surface area contributed by atoms with Crippen molar-refractivity contribution in [1.82, 2.24) is 9.97 Å². The summed E-state index contributed by atoms with van der Waals surface area (Å²) in [7, 11) is 6.81. The number of hydrogen-bond donors (Lipinski definition) is 0. The maximum Gasteiger partial charge on any atom is 0.203 e. The summed E-state index contributed by atoms with van der Waals surface area (Å²) in [6.07, 6.45) is 3.82. The minimum Gasteiger partial charge on any atom is -0.493 e. The van der Waals surface area contributed by atoms with Gasteiger partial charge >= 0.3 is 0 Å². The molecule has 0 bridgehead atoms. The Morgan fingerprint density at radius 3 is 2.23 bits per heavy atom. The number of para-hydroxylation sites is 1. The summed E-state index contributed by atoms with van der Waals surface area (Å²) in [4.78, 5) is 11.6. The van der Waals surface area contributed by atoms with Crippen molar-refractivity contribution in [2.75, 3.05) is 33.3 Å². The van der Waals surface area contributed by atoms with E-state index in [2.05, 4.69) is 17.0 Å². The second-order valence-electron chi connectivity index (χ2n) is 6.73. The number of benzene rings is 2. The summed E-state index contributed by atoms with van der Waals surface area (Å²) in [5, 5.41) is 2.04. The van der Waals surface area contributed by atoms with Crippen LogP contribution in [-0.4, -0.2) is 38.3 Å². The lowest BCUT2D eigenvalue weighted by molar-refractivity contribution is 0.324. The van der Waals surface area contributed by atoms with Crippen molar-refractivity contribution in [2.24, 2.45) is 0 Å². The van der Waals surface area contributed by atoms with Crippen molar-refractivity contribution in [1.29, 1.82) is 0 Å². The fourth-order valence-electron chi connectivity index (χ4n) is 3.31. The van der Waals surface area contributed by atoms with E-state index in [1.165, 1.54) is 0 Å². The molecule has 158 valence electrons. The Morgan fingerprint density at radius 1 is 0.871 bits per heavy atom. The third-order valence-electron chi connectivity index (χ3n) is 4.88. The van der Waals surface area contributed by atoms with Gasteiger partial charge in [-0.2, -0.15) is 0 Å². The third-order valence-corrected chi connectivity index (χ3v) is 5.78. The molecule has 0 unspecified atom stereocenters. The van der Waals surface area contributed by atoms with Crippen LogP contribution in [0, 0.1) is 0 Å². The van der Waals surface area contributed by atoms with Crippen LogP contribution >= 0.6 is 11.3 Å². The zero-order valence-corrected chi connectivity index (χ0v) is 18.6. The molecule has 0 saturated heterocycles. The van der Waals surface area contributed by atoms with Crippen LogP contribution in [0.1, 0.15) is 11.4 Å². The summed E-state index contributed by atoms with van der Waals surface area (Å²) < 4.78 is 17.3. The van der Waals surface area contributed by atoms with Gasteiger partial charge in [-0.1, -0.05) is 24.3 Å². The van der Waals surface area contributed by atoms with Gasteiger partial charge in [-0.25, -0.2) is 9.97 Å². The van der Waals surface area contributed by atoms with Gasteiger partial charge in [0.25, 0.3) is 0 Å². The van der Waals surface area contributed by atoms with Crippen molar-refractivity contribution in [3.05, 3.63) is 65.3 Å². The van der Waals surface area contributed by atoms with E-state index in [1.807, 2.05) is 61.0 Å². The van der Waals surface area contributed by atoms with E-state index in [-0.39, 0.29) is 0 Å². The smallest absolute Gasteiger partial charge is 0.203 e. The number of rotatable bonds is 7. The summed E-state index contributed by atoms with van der Waals surface area (Å²) in [5.41, 5.74) is 2.87. The van der Waals surface area contributed by atoms with Gasteiger partial charge in [0.05, 0.1) is 31.5 Å². The lowest BCUT2D eigenvalue weighted by atomic mass is 10.1. The number of thiophene rings is 1. The van der Waals surface area contributed by atoms with Crippen LogP contribution in [0.15, 0.2) is 53.9 Å². The second kappa shape index (κ2) is 9.06. The van der Waals surface area contributed by atoms with E-state index in [0.29, 0.717) is 23.1 Å². The molecule has 0 saturated carbocycles. The number of ether oxygens (including phenoxy) is 3.